The maximum absolute atomic E-state index is 6.53. The number of hydrogen-bond acceptors (Lipinski definition) is 4. The fourth-order valence-corrected chi connectivity index (χ4v) is 3.94. The second kappa shape index (κ2) is 7.96. The first kappa shape index (κ1) is 19.4. The molecule has 1 heterocycles. The van der Waals surface area contributed by atoms with Gasteiger partial charge in [-0.1, -0.05) is 30.3 Å². The van der Waals surface area contributed by atoms with Crippen LogP contribution in [0.15, 0.2) is 30.3 Å². The second-order valence-corrected chi connectivity index (χ2v) is 7.86. The highest BCUT2D eigenvalue weighted by Gasteiger charge is 2.47. The summed E-state index contributed by atoms with van der Waals surface area (Å²) in [6, 6.07) is 10.3. The van der Waals surface area contributed by atoms with Crippen LogP contribution in [0, 0.1) is 0 Å². The Morgan fingerprint density at radius 3 is 2.17 bits per heavy atom. The minimum atomic E-state index is -0.113. The van der Waals surface area contributed by atoms with Gasteiger partial charge in [-0.15, -0.1) is 0 Å². The zero-order valence-corrected chi connectivity index (χ0v) is 16.0. The van der Waals surface area contributed by atoms with Crippen molar-refractivity contribution in [1.29, 1.82) is 0 Å². The van der Waals surface area contributed by atoms with Gasteiger partial charge in [0.05, 0.1) is 12.7 Å². The Morgan fingerprint density at radius 2 is 1.67 bits per heavy atom. The van der Waals surface area contributed by atoms with Crippen molar-refractivity contribution in [2.24, 2.45) is 0 Å². The Labute approximate surface area is 147 Å². The minimum absolute atomic E-state index is 0.109. The predicted molar refractivity (Wildman–Crippen MR) is 96.8 cm³/mol. The summed E-state index contributed by atoms with van der Waals surface area (Å²) in [6.45, 7) is 12.3. The first-order chi connectivity index (χ1) is 11.3. The highest BCUT2D eigenvalue weighted by Crippen LogP contribution is 2.41. The molecule has 0 aromatic heterocycles. The fourth-order valence-electron chi connectivity index (χ4n) is 3.94. The molecule has 136 valence electrons. The van der Waals surface area contributed by atoms with Gasteiger partial charge < -0.3 is 9.47 Å². The molecule has 4 heteroatoms. The summed E-state index contributed by atoms with van der Waals surface area (Å²) in [7, 11) is 1.72. The van der Waals surface area contributed by atoms with Crippen LogP contribution < -0.4 is 0 Å². The zero-order chi connectivity index (χ0) is 17.8. The molecule has 0 aliphatic carbocycles. The van der Waals surface area contributed by atoms with Crippen molar-refractivity contribution in [3.63, 3.8) is 0 Å². The Hall–Kier alpha value is -0.940. The van der Waals surface area contributed by atoms with E-state index in [4.69, 9.17) is 14.3 Å². The Balaban J connectivity index is 2.21. The number of nitrogens with zero attached hydrogens (tertiary/aromatic N) is 1. The van der Waals surface area contributed by atoms with E-state index in [2.05, 4.69) is 51.8 Å². The van der Waals surface area contributed by atoms with Crippen LogP contribution in [0.2, 0.25) is 0 Å². The monoisotopic (exact) mass is 335 g/mol. The van der Waals surface area contributed by atoms with Crippen LogP contribution in [-0.4, -0.2) is 42.6 Å². The van der Waals surface area contributed by atoms with E-state index >= 15 is 0 Å². The Morgan fingerprint density at radius 1 is 1.08 bits per heavy atom. The van der Waals surface area contributed by atoms with Crippen molar-refractivity contribution in [3.05, 3.63) is 35.9 Å². The van der Waals surface area contributed by atoms with Crippen LogP contribution in [0.1, 0.15) is 59.1 Å². The summed E-state index contributed by atoms with van der Waals surface area (Å²) >= 11 is 0. The van der Waals surface area contributed by atoms with E-state index in [1.165, 1.54) is 0 Å². The lowest BCUT2D eigenvalue weighted by molar-refractivity contribution is -0.322. The number of rotatable bonds is 7. The number of hydrogen-bond donors (Lipinski definition) is 0. The second-order valence-electron chi connectivity index (χ2n) is 7.86. The lowest BCUT2D eigenvalue weighted by Gasteiger charge is -2.54. The molecule has 0 spiro atoms. The minimum Gasteiger partial charge on any atom is -0.382 e. The third-order valence-electron chi connectivity index (χ3n) is 4.68. The first-order valence-electron chi connectivity index (χ1n) is 8.93. The summed E-state index contributed by atoms with van der Waals surface area (Å²) < 4.78 is 11.4. The molecule has 1 aliphatic rings. The van der Waals surface area contributed by atoms with Crippen LogP contribution in [0.3, 0.4) is 0 Å². The van der Waals surface area contributed by atoms with Gasteiger partial charge in [0.1, 0.15) is 6.10 Å². The van der Waals surface area contributed by atoms with E-state index in [9.17, 15) is 0 Å². The molecular formula is C20H33NO3. The summed E-state index contributed by atoms with van der Waals surface area (Å²) in [6.07, 6.45) is 2.08. The van der Waals surface area contributed by atoms with Gasteiger partial charge in [-0.3, -0.25) is 4.84 Å². The predicted octanol–water partition coefficient (Wildman–Crippen LogP) is 4.36. The molecule has 0 bridgehead atoms. The summed E-state index contributed by atoms with van der Waals surface area (Å²) in [5.74, 6) is 0. The molecule has 0 amide bonds. The van der Waals surface area contributed by atoms with Crippen molar-refractivity contribution in [1.82, 2.24) is 5.06 Å². The first-order valence-corrected chi connectivity index (χ1v) is 8.93. The normalized spacial score (nSPS) is 22.4. The highest BCUT2D eigenvalue weighted by atomic mass is 16.7. The molecule has 2 rings (SSSR count). The van der Waals surface area contributed by atoms with Gasteiger partial charge in [0.25, 0.3) is 0 Å². The Bertz CT molecular complexity index is 483. The van der Waals surface area contributed by atoms with Gasteiger partial charge >= 0.3 is 0 Å². The molecule has 1 fully saturated rings. The number of ether oxygens (including phenoxy) is 2. The molecule has 1 aliphatic heterocycles. The average molecular weight is 335 g/mol. The lowest BCUT2D eigenvalue weighted by Crippen LogP contribution is -2.62. The van der Waals surface area contributed by atoms with Crippen molar-refractivity contribution in [2.45, 2.75) is 70.7 Å². The molecule has 0 N–H and O–H groups in total. The van der Waals surface area contributed by atoms with E-state index in [0.29, 0.717) is 6.61 Å². The van der Waals surface area contributed by atoms with Gasteiger partial charge in [0.15, 0.2) is 0 Å². The van der Waals surface area contributed by atoms with Gasteiger partial charge in [-0.2, -0.15) is 5.06 Å². The third kappa shape index (κ3) is 4.57. The number of piperidine rings is 1. The summed E-state index contributed by atoms with van der Waals surface area (Å²) in [5, 5.41) is 2.17. The number of methoxy groups -OCH3 is 1. The number of hydroxylamine groups is 2. The van der Waals surface area contributed by atoms with E-state index in [-0.39, 0.29) is 23.3 Å². The largest absolute Gasteiger partial charge is 0.382 e. The molecule has 1 atom stereocenters. The molecule has 1 unspecified atom stereocenters. The van der Waals surface area contributed by atoms with E-state index in [1.54, 1.807) is 7.11 Å². The maximum Gasteiger partial charge on any atom is 0.128 e. The Kier molecular flexibility index (Phi) is 6.43. The lowest BCUT2D eigenvalue weighted by atomic mass is 9.80. The quantitative estimate of drug-likeness (QED) is 0.740. The van der Waals surface area contributed by atoms with E-state index in [1.807, 2.05) is 18.2 Å². The van der Waals surface area contributed by atoms with Gasteiger partial charge in [0.2, 0.25) is 0 Å². The molecule has 1 aromatic carbocycles. The molecule has 1 aromatic rings. The molecular weight excluding hydrogens is 302 g/mol. The molecule has 0 radical (unpaired) electrons. The number of benzene rings is 1. The van der Waals surface area contributed by atoms with Crippen LogP contribution in [-0.2, 0) is 14.3 Å². The van der Waals surface area contributed by atoms with Crippen molar-refractivity contribution < 1.29 is 14.3 Å². The third-order valence-corrected chi connectivity index (χ3v) is 4.68. The fraction of sp³-hybridized carbons (Fsp3) is 0.700. The van der Waals surface area contributed by atoms with Crippen LogP contribution in [0.5, 0.6) is 0 Å². The van der Waals surface area contributed by atoms with Crippen LogP contribution >= 0.6 is 0 Å². The standard InChI is InChI=1S/C20H33NO3/c1-7-23-17-13-19(2,3)21(20(4,5)14-17)24-18(15-22-6)16-11-9-8-10-12-16/h8-12,17-18H,7,13-15H2,1-6H3. The van der Waals surface area contributed by atoms with Crippen molar-refractivity contribution in [2.75, 3.05) is 20.3 Å². The smallest absolute Gasteiger partial charge is 0.128 e. The average Bonchev–Trinajstić information content (AvgIpc) is 2.50. The van der Waals surface area contributed by atoms with Crippen molar-refractivity contribution >= 4 is 0 Å². The zero-order valence-electron chi connectivity index (χ0n) is 16.0. The van der Waals surface area contributed by atoms with Gasteiger partial charge in [-0.05, 0) is 53.0 Å². The van der Waals surface area contributed by atoms with Gasteiger partial charge in [-0.25, -0.2) is 0 Å². The van der Waals surface area contributed by atoms with Crippen molar-refractivity contribution in [3.8, 4) is 0 Å². The van der Waals surface area contributed by atoms with Crippen LogP contribution in [0.25, 0.3) is 0 Å². The molecule has 24 heavy (non-hydrogen) atoms. The van der Waals surface area contributed by atoms with Crippen LogP contribution in [0.4, 0.5) is 0 Å². The van der Waals surface area contributed by atoms with E-state index < -0.39 is 0 Å². The summed E-state index contributed by atoms with van der Waals surface area (Å²) in [4.78, 5) is 6.53. The molecule has 1 saturated heterocycles. The molecule has 0 saturated carbocycles. The maximum atomic E-state index is 6.53. The summed E-state index contributed by atoms with van der Waals surface area (Å²) in [5.41, 5.74) is 0.919. The highest BCUT2D eigenvalue weighted by molar-refractivity contribution is 5.17. The topological polar surface area (TPSA) is 30.9 Å². The van der Waals surface area contributed by atoms with E-state index in [0.717, 1.165) is 25.0 Å². The SMILES string of the molecule is CCOC1CC(C)(C)N(OC(COC)c2ccccc2)C(C)(C)C1. The molecule has 4 nitrogen and oxygen atoms in total. The van der Waals surface area contributed by atoms with Gasteiger partial charge in [0, 0.05) is 24.8 Å².